The lowest BCUT2D eigenvalue weighted by atomic mass is 10.1. The Balaban J connectivity index is 2.26. The molecule has 1 N–H and O–H groups in total. The lowest BCUT2D eigenvalue weighted by Crippen LogP contribution is -1.96. The minimum atomic E-state index is -0.0583. The Bertz CT molecular complexity index is 748. The molecule has 3 aromatic rings. The van der Waals surface area contributed by atoms with Crippen LogP contribution in [0.5, 0.6) is 11.5 Å². The summed E-state index contributed by atoms with van der Waals surface area (Å²) in [6.45, 7) is -0.0583. The summed E-state index contributed by atoms with van der Waals surface area (Å²) in [5.41, 5.74) is 2.59. The van der Waals surface area contributed by atoms with Crippen molar-refractivity contribution in [3.05, 3.63) is 35.5 Å². The SMILES string of the molecule is COc1ccc(OC)c(-c2csc3ncc(CO)n23)c1. The van der Waals surface area contributed by atoms with E-state index in [1.54, 1.807) is 20.4 Å². The number of aromatic nitrogens is 2. The maximum Gasteiger partial charge on any atom is 0.194 e. The molecule has 5 nitrogen and oxygen atoms in total. The number of thiazole rings is 1. The highest BCUT2D eigenvalue weighted by Gasteiger charge is 2.15. The summed E-state index contributed by atoms with van der Waals surface area (Å²) in [6, 6.07) is 5.64. The summed E-state index contributed by atoms with van der Waals surface area (Å²) in [7, 11) is 3.26. The maximum absolute atomic E-state index is 9.43. The van der Waals surface area contributed by atoms with Crippen LogP contribution < -0.4 is 9.47 Å². The molecule has 20 heavy (non-hydrogen) atoms. The molecule has 0 fully saturated rings. The highest BCUT2D eigenvalue weighted by Crippen LogP contribution is 2.36. The van der Waals surface area contributed by atoms with Gasteiger partial charge in [-0.15, -0.1) is 11.3 Å². The van der Waals surface area contributed by atoms with Gasteiger partial charge < -0.3 is 14.6 Å². The smallest absolute Gasteiger partial charge is 0.194 e. The van der Waals surface area contributed by atoms with Crippen LogP contribution in [0.3, 0.4) is 0 Å². The van der Waals surface area contributed by atoms with E-state index in [2.05, 4.69) is 4.98 Å². The number of benzene rings is 1. The molecule has 104 valence electrons. The van der Waals surface area contributed by atoms with Crippen LogP contribution in [-0.4, -0.2) is 28.7 Å². The van der Waals surface area contributed by atoms with Crippen molar-refractivity contribution in [3.8, 4) is 22.8 Å². The number of hydrogen-bond donors (Lipinski definition) is 1. The first-order valence-electron chi connectivity index (χ1n) is 6.05. The van der Waals surface area contributed by atoms with Crippen molar-refractivity contribution in [2.45, 2.75) is 6.61 Å². The van der Waals surface area contributed by atoms with Gasteiger partial charge in [0.1, 0.15) is 11.5 Å². The molecule has 0 saturated carbocycles. The third-order valence-electron chi connectivity index (χ3n) is 3.16. The van der Waals surface area contributed by atoms with E-state index in [0.29, 0.717) is 0 Å². The van der Waals surface area contributed by atoms with Gasteiger partial charge in [0.15, 0.2) is 4.96 Å². The number of nitrogens with zero attached hydrogens (tertiary/aromatic N) is 2. The van der Waals surface area contributed by atoms with Crippen LogP contribution in [0.25, 0.3) is 16.2 Å². The van der Waals surface area contributed by atoms with Crippen molar-refractivity contribution in [2.24, 2.45) is 0 Å². The quantitative estimate of drug-likeness (QED) is 0.802. The van der Waals surface area contributed by atoms with Crippen molar-refractivity contribution in [1.82, 2.24) is 9.38 Å². The molecule has 2 aromatic heterocycles. The molecule has 0 radical (unpaired) electrons. The van der Waals surface area contributed by atoms with Crippen LogP contribution in [0.1, 0.15) is 5.69 Å². The molecular weight excluding hydrogens is 276 g/mol. The second kappa shape index (κ2) is 5.15. The minimum absolute atomic E-state index is 0.0583. The minimum Gasteiger partial charge on any atom is -0.497 e. The molecule has 0 atom stereocenters. The normalized spacial score (nSPS) is 10.9. The van der Waals surface area contributed by atoms with Gasteiger partial charge in [-0.2, -0.15) is 0 Å². The largest absolute Gasteiger partial charge is 0.497 e. The van der Waals surface area contributed by atoms with E-state index >= 15 is 0 Å². The summed E-state index contributed by atoms with van der Waals surface area (Å²) in [5.74, 6) is 1.51. The van der Waals surface area contributed by atoms with Gasteiger partial charge in [-0.3, -0.25) is 4.40 Å². The molecule has 6 heteroatoms. The van der Waals surface area contributed by atoms with Crippen LogP contribution in [0.4, 0.5) is 0 Å². The maximum atomic E-state index is 9.43. The number of aliphatic hydroxyl groups excluding tert-OH is 1. The predicted octanol–water partition coefficient (Wildman–Crippen LogP) is 2.57. The summed E-state index contributed by atoms with van der Waals surface area (Å²) >= 11 is 1.52. The molecular formula is C14H14N2O3S. The summed E-state index contributed by atoms with van der Waals surface area (Å²) in [4.78, 5) is 5.12. The lowest BCUT2D eigenvalue weighted by Gasteiger charge is -2.10. The summed E-state index contributed by atoms with van der Waals surface area (Å²) in [5, 5.41) is 11.4. The van der Waals surface area contributed by atoms with E-state index in [4.69, 9.17) is 9.47 Å². The Morgan fingerprint density at radius 2 is 2.15 bits per heavy atom. The fourth-order valence-corrected chi connectivity index (χ4v) is 3.06. The lowest BCUT2D eigenvalue weighted by molar-refractivity contribution is 0.276. The standard InChI is InChI=1S/C14H14N2O3S/c1-18-10-3-4-13(19-2)11(5-10)12-8-20-14-15-6-9(7-17)16(12)14/h3-6,8,17H,7H2,1-2H3. The zero-order chi connectivity index (χ0) is 14.1. The Morgan fingerprint density at radius 3 is 2.85 bits per heavy atom. The van der Waals surface area contributed by atoms with Crippen LogP contribution in [-0.2, 0) is 6.61 Å². The van der Waals surface area contributed by atoms with Gasteiger partial charge in [0.2, 0.25) is 0 Å². The number of hydrogen-bond acceptors (Lipinski definition) is 5. The fraction of sp³-hybridized carbons (Fsp3) is 0.214. The third kappa shape index (κ3) is 1.93. The molecule has 0 bridgehead atoms. The molecule has 0 aliphatic rings. The van der Waals surface area contributed by atoms with Gasteiger partial charge in [0.25, 0.3) is 0 Å². The number of methoxy groups -OCH3 is 2. The number of imidazole rings is 1. The van der Waals surface area contributed by atoms with E-state index in [0.717, 1.165) is 33.4 Å². The summed E-state index contributed by atoms with van der Waals surface area (Å²) < 4.78 is 12.6. The van der Waals surface area contributed by atoms with Crippen LogP contribution >= 0.6 is 11.3 Å². The van der Waals surface area contributed by atoms with Crippen LogP contribution in [0, 0.1) is 0 Å². The molecule has 3 rings (SSSR count). The Kier molecular flexibility index (Phi) is 3.33. The van der Waals surface area contributed by atoms with E-state index in [1.807, 2.05) is 28.0 Å². The fourth-order valence-electron chi connectivity index (χ4n) is 2.18. The second-order valence-corrected chi connectivity index (χ2v) is 5.05. The highest BCUT2D eigenvalue weighted by molar-refractivity contribution is 7.15. The molecule has 0 aliphatic heterocycles. The van der Waals surface area contributed by atoms with Gasteiger partial charge in [0, 0.05) is 10.9 Å². The van der Waals surface area contributed by atoms with E-state index < -0.39 is 0 Å². The van der Waals surface area contributed by atoms with Gasteiger partial charge >= 0.3 is 0 Å². The Morgan fingerprint density at radius 1 is 1.30 bits per heavy atom. The average molecular weight is 290 g/mol. The predicted molar refractivity (Wildman–Crippen MR) is 77.5 cm³/mol. The number of ether oxygens (including phenoxy) is 2. The molecule has 0 saturated heterocycles. The third-order valence-corrected chi connectivity index (χ3v) is 4.00. The van der Waals surface area contributed by atoms with Crippen LogP contribution in [0.2, 0.25) is 0 Å². The van der Waals surface area contributed by atoms with Gasteiger partial charge in [-0.05, 0) is 18.2 Å². The number of rotatable bonds is 4. The van der Waals surface area contributed by atoms with Crippen LogP contribution in [0.15, 0.2) is 29.8 Å². The zero-order valence-corrected chi connectivity index (χ0v) is 12.0. The molecule has 0 amide bonds. The van der Waals surface area contributed by atoms with E-state index in [1.165, 1.54) is 11.3 Å². The Labute approximate surface area is 120 Å². The van der Waals surface area contributed by atoms with Gasteiger partial charge in [-0.1, -0.05) is 0 Å². The monoisotopic (exact) mass is 290 g/mol. The van der Waals surface area contributed by atoms with Crippen molar-refractivity contribution >= 4 is 16.3 Å². The average Bonchev–Trinajstić information content (AvgIpc) is 3.07. The number of fused-ring (bicyclic) bond motifs is 1. The Hall–Kier alpha value is -2.05. The topological polar surface area (TPSA) is 56.0 Å². The van der Waals surface area contributed by atoms with E-state index in [9.17, 15) is 5.11 Å². The number of aliphatic hydroxyl groups is 1. The van der Waals surface area contributed by atoms with Crippen molar-refractivity contribution < 1.29 is 14.6 Å². The van der Waals surface area contributed by atoms with Gasteiger partial charge in [0.05, 0.1) is 38.4 Å². The molecule has 0 unspecified atom stereocenters. The molecule has 0 aliphatic carbocycles. The molecule has 2 heterocycles. The van der Waals surface area contributed by atoms with Gasteiger partial charge in [-0.25, -0.2) is 4.98 Å². The first-order valence-corrected chi connectivity index (χ1v) is 6.93. The first kappa shape index (κ1) is 13.0. The molecule has 0 spiro atoms. The van der Waals surface area contributed by atoms with E-state index in [-0.39, 0.29) is 6.61 Å². The van der Waals surface area contributed by atoms with Crippen molar-refractivity contribution in [1.29, 1.82) is 0 Å². The zero-order valence-electron chi connectivity index (χ0n) is 11.2. The molecule has 1 aromatic carbocycles. The van der Waals surface area contributed by atoms with Crippen molar-refractivity contribution in [2.75, 3.05) is 14.2 Å². The van der Waals surface area contributed by atoms with Crippen molar-refractivity contribution in [3.63, 3.8) is 0 Å². The summed E-state index contributed by atoms with van der Waals surface area (Å²) in [6.07, 6.45) is 1.68. The second-order valence-electron chi connectivity index (χ2n) is 4.21. The first-order chi connectivity index (χ1) is 9.78. The highest BCUT2D eigenvalue weighted by atomic mass is 32.1.